The minimum Gasteiger partial charge on any atom is -0.366 e. The van der Waals surface area contributed by atoms with E-state index in [1.165, 1.54) is 0 Å². The summed E-state index contributed by atoms with van der Waals surface area (Å²) in [5, 5.41) is 8.07. The molecule has 3 heterocycles. The van der Waals surface area contributed by atoms with Crippen molar-refractivity contribution in [3.05, 3.63) is 78.2 Å². The first kappa shape index (κ1) is 20.7. The van der Waals surface area contributed by atoms with Crippen LogP contribution in [0.3, 0.4) is 0 Å². The predicted octanol–water partition coefficient (Wildman–Crippen LogP) is 5.26. The van der Waals surface area contributed by atoms with Crippen molar-refractivity contribution in [2.24, 2.45) is 10.4 Å². The van der Waals surface area contributed by atoms with E-state index in [1.54, 1.807) is 6.20 Å². The Morgan fingerprint density at radius 2 is 1.90 bits per heavy atom. The Labute approximate surface area is 183 Å². The average molecular weight is 413 g/mol. The first-order chi connectivity index (χ1) is 15.0. The maximum Gasteiger partial charge on any atom is 0.166 e. The molecular formula is C25H28N6. The van der Waals surface area contributed by atoms with Gasteiger partial charge in [0.1, 0.15) is 5.82 Å². The molecule has 6 heteroatoms. The number of nitrogens with zero attached hydrogens (tertiary/aromatic N) is 5. The van der Waals surface area contributed by atoms with Gasteiger partial charge in [0.15, 0.2) is 5.65 Å². The van der Waals surface area contributed by atoms with Crippen molar-refractivity contribution in [2.45, 2.75) is 33.7 Å². The smallest absolute Gasteiger partial charge is 0.166 e. The minimum atomic E-state index is 0.264. The normalized spacial score (nSPS) is 12.0. The molecule has 3 aromatic heterocycles. The standard InChI is InChI=1S/C25H28N6/c1-25(2,3)11-13-27-17-21-18-29-31-23(28-16-19-8-7-12-26-15-19)14-22(30-24(21)31)20-9-5-4-6-10-20/h4-10,12,14-15,17-18,28H,11,13,16H2,1-3H3. The van der Waals surface area contributed by atoms with Gasteiger partial charge in [0, 0.05) is 43.3 Å². The second-order valence-corrected chi connectivity index (χ2v) is 8.79. The summed E-state index contributed by atoms with van der Waals surface area (Å²) in [6.07, 6.45) is 8.39. The molecule has 4 aromatic rings. The molecule has 0 fully saturated rings. The fourth-order valence-corrected chi connectivity index (χ4v) is 3.21. The number of aromatic nitrogens is 4. The van der Waals surface area contributed by atoms with Crippen LogP contribution in [0, 0.1) is 5.41 Å². The predicted molar refractivity (Wildman–Crippen MR) is 127 cm³/mol. The van der Waals surface area contributed by atoms with E-state index in [0.29, 0.717) is 6.54 Å². The molecule has 0 aliphatic carbocycles. The third kappa shape index (κ3) is 5.34. The van der Waals surface area contributed by atoms with Crippen molar-refractivity contribution in [3.8, 4) is 11.3 Å². The van der Waals surface area contributed by atoms with Gasteiger partial charge in [-0.2, -0.15) is 9.61 Å². The van der Waals surface area contributed by atoms with Crippen LogP contribution in [0.2, 0.25) is 0 Å². The second-order valence-electron chi connectivity index (χ2n) is 8.79. The van der Waals surface area contributed by atoms with E-state index in [4.69, 9.17) is 4.98 Å². The molecule has 0 radical (unpaired) electrons. The zero-order valence-corrected chi connectivity index (χ0v) is 18.3. The number of aliphatic imine (C=N–C) groups is 1. The molecule has 0 amide bonds. The van der Waals surface area contributed by atoms with E-state index in [9.17, 15) is 0 Å². The molecule has 0 saturated carbocycles. The molecule has 0 spiro atoms. The van der Waals surface area contributed by atoms with Gasteiger partial charge in [-0.3, -0.25) is 9.98 Å². The zero-order valence-electron chi connectivity index (χ0n) is 18.3. The molecule has 0 atom stereocenters. The molecule has 4 rings (SSSR count). The number of nitrogens with one attached hydrogen (secondary N) is 1. The summed E-state index contributed by atoms with van der Waals surface area (Å²) in [6.45, 7) is 8.12. The average Bonchev–Trinajstić information content (AvgIpc) is 3.19. The molecule has 0 aliphatic heterocycles. The van der Waals surface area contributed by atoms with Gasteiger partial charge in [-0.1, -0.05) is 57.2 Å². The minimum absolute atomic E-state index is 0.264. The summed E-state index contributed by atoms with van der Waals surface area (Å²) in [5.41, 5.74) is 5.02. The van der Waals surface area contributed by atoms with Crippen LogP contribution < -0.4 is 5.32 Å². The van der Waals surface area contributed by atoms with Gasteiger partial charge in [0.2, 0.25) is 0 Å². The van der Waals surface area contributed by atoms with Gasteiger partial charge in [-0.25, -0.2) is 4.98 Å². The maximum absolute atomic E-state index is 4.91. The van der Waals surface area contributed by atoms with Crippen molar-refractivity contribution < 1.29 is 0 Å². The molecule has 0 aliphatic rings. The van der Waals surface area contributed by atoms with Crippen LogP contribution in [0.15, 0.2) is 72.1 Å². The first-order valence-corrected chi connectivity index (χ1v) is 10.6. The lowest BCUT2D eigenvalue weighted by molar-refractivity contribution is 0.385. The van der Waals surface area contributed by atoms with Gasteiger partial charge in [0.05, 0.1) is 17.5 Å². The second kappa shape index (κ2) is 9.08. The number of anilines is 1. The lowest BCUT2D eigenvalue weighted by atomic mass is 9.92. The van der Waals surface area contributed by atoms with Crippen LogP contribution in [-0.4, -0.2) is 32.3 Å². The monoisotopic (exact) mass is 412 g/mol. The van der Waals surface area contributed by atoms with Crippen LogP contribution >= 0.6 is 0 Å². The highest BCUT2D eigenvalue weighted by molar-refractivity contribution is 5.88. The molecule has 0 unspecified atom stereocenters. The van der Waals surface area contributed by atoms with Crippen LogP contribution in [0.4, 0.5) is 5.82 Å². The highest BCUT2D eigenvalue weighted by Crippen LogP contribution is 2.24. The van der Waals surface area contributed by atoms with Gasteiger partial charge in [0.25, 0.3) is 0 Å². The van der Waals surface area contributed by atoms with E-state index in [-0.39, 0.29) is 5.41 Å². The van der Waals surface area contributed by atoms with Gasteiger partial charge in [-0.05, 0) is 23.5 Å². The van der Waals surface area contributed by atoms with Crippen molar-refractivity contribution in [3.63, 3.8) is 0 Å². The number of benzene rings is 1. The summed E-state index contributed by atoms with van der Waals surface area (Å²) < 4.78 is 1.84. The third-order valence-electron chi connectivity index (χ3n) is 4.99. The van der Waals surface area contributed by atoms with Crippen LogP contribution in [-0.2, 0) is 6.54 Å². The van der Waals surface area contributed by atoms with Crippen LogP contribution in [0.25, 0.3) is 16.9 Å². The van der Waals surface area contributed by atoms with E-state index >= 15 is 0 Å². The molecule has 0 saturated heterocycles. The maximum atomic E-state index is 4.91. The van der Waals surface area contributed by atoms with Gasteiger partial charge < -0.3 is 5.32 Å². The molecular weight excluding hydrogens is 384 g/mol. The van der Waals surface area contributed by atoms with Crippen molar-refractivity contribution >= 4 is 17.7 Å². The summed E-state index contributed by atoms with van der Waals surface area (Å²) in [4.78, 5) is 13.7. The number of pyridine rings is 1. The largest absolute Gasteiger partial charge is 0.366 e. The van der Waals surface area contributed by atoms with Gasteiger partial charge in [-0.15, -0.1) is 0 Å². The zero-order chi connectivity index (χ0) is 21.7. The molecule has 1 N–H and O–H groups in total. The van der Waals surface area contributed by atoms with Gasteiger partial charge >= 0.3 is 0 Å². The molecule has 31 heavy (non-hydrogen) atoms. The van der Waals surface area contributed by atoms with Crippen molar-refractivity contribution in [1.82, 2.24) is 19.6 Å². The molecule has 1 aromatic carbocycles. The number of fused-ring (bicyclic) bond motifs is 1. The number of rotatable bonds is 7. The first-order valence-electron chi connectivity index (χ1n) is 10.6. The van der Waals surface area contributed by atoms with E-state index < -0.39 is 0 Å². The van der Waals surface area contributed by atoms with E-state index in [0.717, 1.165) is 46.8 Å². The Kier molecular flexibility index (Phi) is 6.07. The topological polar surface area (TPSA) is 67.5 Å². The summed E-state index contributed by atoms with van der Waals surface area (Å²) in [7, 11) is 0. The highest BCUT2D eigenvalue weighted by Gasteiger charge is 2.12. The van der Waals surface area contributed by atoms with Crippen molar-refractivity contribution in [1.29, 1.82) is 0 Å². The Morgan fingerprint density at radius 3 is 2.65 bits per heavy atom. The van der Waals surface area contributed by atoms with E-state index in [2.05, 4.69) is 53.3 Å². The molecule has 158 valence electrons. The Hall–Kier alpha value is -3.54. The molecule has 6 nitrogen and oxygen atoms in total. The van der Waals surface area contributed by atoms with Crippen LogP contribution in [0.5, 0.6) is 0 Å². The fraction of sp³-hybridized carbons (Fsp3) is 0.280. The quantitative estimate of drug-likeness (QED) is 0.421. The van der Waals surface area contributed by atoms with E-state index in [1.807, 2.05) is 59.5 Å². The lowest BCUT2D eigenvalue weighted by Crippen LogP contribution is -2.07. The Morgan fingerprint density at radius 1 is 1.06 bits per heavy atom. The molecule has 0 bridgehead atoms. The summed E-state index contributed by atoms with van der Waals surface area (Å²) in [5.74, 6) is 0.877. The Balaban J connectivity index is 1.68. The Bertz CT molecular complexity index is 1160. The third-order valence-corrected chi connectivity index (χ3v) is 4.99. The lowest BCUT2D eigenvalue weighted by Gasteiger charge is -2.15. The van der Waals surface area contributed by atoms with Crippen LogP contribution in [0.1, 0.15) is 38.3 Å². The number of hydrogen-bond acceptors (Lipinski definition) is 5. The summed E-state index contributed by atoms with van der Waals surface area (Å²) >= 11 is 0. The van der Waals surface area contributed by atoms with Crippen molar-refractivity contribution in [2.75, 3.05) is 11.9 Å². The highest BCUT2D eigenvalue weighted by atomic mass is 15.3. The fourth-order valence-electron chi connectivity index (χ4n) is 3.21. The number of hydrogen-bond donors (Lipinski definition) is 1. The summed E-state index contributed by atoms with van der Waals surface area (Å²) in [6, 6.07) is 16.2. The SMILES string of the molecule is CC(C)(C)CCN=Cc1cnn2c(NCc3cccnc3)cc(-c3ccccc3)nc12.